The SMILES string of the molecule is C=C(C)Cn1c(SCC(=O)N/N=C/c2c(F)cccc2Cl)nnc1-c1ccc(Br)cc1. The predicted molar refractivity (Wildman–Crippen MR) is 126 cm³/mol. The maximum absolute atomic E-state index is 13.7. The number of nitrogens with zero attached hydrogens (tertiary/aromatic N) is 4. The number of rotatable bonds is 8. The van der Waals surface area contributed by atoms with Crippen molar-refractivity contribution in [2.24, 2.45) is 5.10 Å². The summed E-state index contributed by atoms with van der Waals surface area (Å²) in [7, 11) is 0. The summed E-state index contributed by atoms with van der Waals surface area (Å²) in [6, 6.07) is 12.0. The number of nitrogens with one attached hydrogen (secondary N) is 1. The molecule has 3 aromatic rings. The van der Waals surface area contributed by atoms with E-state index in [1.165, 1.54) is 30.1 Å². The van der Waals surface area contributed by atoms with E-state index in [0.29, 0.717) is 17.5 Å². The first-order valence-electron chi connectivity index (χ1n) is 9.07. The van der Waals surface area contributed by atoms with Gasteiger partial charge < -0.3 is 0 Å². The summed E-state index contributed by atoms with van der Waals surface area (Å²) in [5.74, 6) is -0.153. The number of thioether (sulfide) groups is 1. The maximum atomic E-state index is 13.7. The third-order valence-corrected chi connectivity index (χ3v) is 5.79. The number of carbonyl (C=O) groups is 1. The van der Waals surface area contributed by atoms with Crippen LogP contribution in [0.3, 0.4) is 0 Å². The number of amides is 1. The van der Waals surface area contributed by atoms with Gasteiger partial charge in [-0.25, -0.2) is 9.82 Å². The largest absolute Gasteiger partial charge is 0.298 e. The van der Waals surface area contributed by atoms with Gasteiger partial charge in [0.15, 0.2) is 11.0 Å². The fourth-order valence-corrected chi connectivity index (χ4v) is 3.79. The van der Waals surface area contributed by atoms with Crippen LogP contribution in [-0.2, 0) is 11.3 Å². The lowest BCUT2D eigenvalue weighted by molar-refractivity contribution is -0.118. The van der Waals surface area contributed by atoms with Gasteiger partial charge in [-0.3, -0.25) is 9.36 Å². The molecule has 0 saturated heterocycles. The average molecular weight is 523 g/mol. The van der Waals surface area contributed by atoms with Crippen molar-refractivity contribution >= 4 is 51.4 Å². The minimum absolute atomic E-state index is 0.0526. The van der Waals surface area contributed by atoms with Crippen molar-refractivity contribution in [3.05, 3.63) is 75.5 Å². The average Bonchev–Trinajstić information content (AvgIpc) is 3.11. The highest BCUT2D eigenvalue weighted by atomic mass is 79.9. The molecule has 0 aliphatic rings. The Balaban J connectivity index is 1.68. The number of hydrogen-bond acceptors (Lipinski definition) is 5. The summed E-state index contributed by atoms with van der Waals surface area (Å²) in [6.45, 7) is 6.40. The highest BCUT2D eigenvalue weighted by Crippen LogP contribution is 2.26. The lowest BCUT2D eigenvalue weighted by atomic mass is 10.2. The number of hydrazone groups is 1. The first kappa shape index (κ1) is 23.2. The summed E-state index contributed by atoms with van der Waals surface area (Å²) in [6.07, 6.45) is 1.18. The smallest absolute Gasteiger partial charge is 0.250 e. The molecular formula is C21H18BrClFN5OS. The molecule has 3 rings (SSSR count). The Kier molecular flexibility index (Phi) is 8.00. The molecule has 6 nitrogen and oxygen atoms in total. The fourth-order valence-electron chi connectivity index (χ4n) is 2.59. The van der Waals surface area contributed by atoms with Crippen LogP contribution in [0.25, 0.3) is 11.4 Å². The van der Waals surface area contributed by atoms with Crippen molar-refractivity contribution < 1.29 is 9.18 Å². The molecular weight excluding hydrogens is 505 g/mol. The van der Waals surface area contributed by atoms with Gasteiger partial charge in [0, 0.05) is 22.1 Å². The molecule has 0 atom stereocenters. The van der Waals surface area contributed by atoms with Crippen molar-refractivity contribution in [2.45, 2.75) is 18.6 Å². The number of halogens is 3. The fraction of sp³-hybridized carbons (Fsp3) is 0.143. The minimum Gasteiger partial charge on any atom is -0.298 e. The molecule has 2 aromatic carbocycles. The second-order valence-electron chi connectivity index (χ2n) is 6.57. The van der Waals surface area contributed by atoms with E-state index >= 15 is 0 Å². The Morgan fingerprint density at radius 2 is 2.06 bits per heavy atom. The topological polar surface area (TPSA) is 72.2 Å². The van der Waals surface area contributed by atoms with Crippen LogP contribution in [-0.4, -0.2) is 32.6 Å². The number of allylic oxidation sites excluding steroid dienone is 1. The lowest BCUT2D eigenvalue weighted by Gasteiger charge is -2.10. The highest BCUT2D eigenvalue weighted by molar-refractivity contribution is 9.10. The molecule has 10 heteroatoms. The van der Waals surface area contributed by atoms with Crippen LogP contribution in [0, 0.1) is 5.82 Å². The van der Waals surface area contributed by atoms with Crippen molar-refractivity contribution in [1.82, 2.24) is 20.2 Å². The Morgan fingerprint density at radius 3 is 2.74 bits per heavy atom. The summed E-state index contributed by atoms with van der Waals surface area (Å²) in [5, 5.41) is 13.1. The number of hydrogen-bond donors (Lipinski definition) is 1. The molecule has 0 saturated carbocycles. The van der Waals surface area contributed by atoms with Gasteiger partial charge in [0.25, 0.3) is 5.91 Å². The zero-order chi connectivity index (χ0) is 22.4. The minimum atomic E-state index is -0.520. The van der Waals surface area contributed by atoms with Gasteiger partial charge in [-0.15, -0.1) is 10.2 Å². The van der Waals surface area contributed by atoms with Gasteiger partial charge in [0.1, 0.15) is 5.82 Å². The van der Waals surface area contributed by atoms with E-state index in [1.54, 1.807) is 6.07 Å². The summed E-state index contributed by atoms with van der Waals surface area (Å²) < 4.78 is 16.6. The Labute approximate surface area is 196 Å². The summed E-state index contributed by atoms with van der Waals surface area (Å²) in [4.78, 5) is 12.2. The first-order chi connectivity index (χ1) is 14.8. The number of benzene rings is 2. The van der Waals surface area contributed by atoms with Crippen LogP contribution in [0.1, 0.15) is 12.5 Å². The summed E-state index contributed by atoms with van der Waals surface area (Å²) in [5.41, 5.74) is 4.30. The molecule has 0 unspecified atom stereocenters. The van der Waals surface area contributed by atoms with Crippen LogP contribution >= 0.6 is 39.3 Å². The first-order valence-corrected chi connectivity index (χ1v) is 11.2. The van der Waals surface area contributed by atoms with Crippen LogP contribution in [0.2, 0.25) is 5.02 Å². The lowest BCUT2D eigenvalue weighted by Crippen LogP contribution is -2.20. The molecule has 1 aromatic heterocycles. The zero-order valence-electron chi connectivity index (χ0n) is 16.5. The zero-order valence-corrected chi connectivity index (χ0v) is 19.6. The van der Waals surface area contributed by atoms with E-state index < -0.39 is 5.82 Å². The van der Waals surface area contributed by atoms with Gasteiger partial charge in [-0.2, -0.15) is 5.10 Å². The second-order valence-corrected chi connectivity index (χ2v) is 8.84. The van der Waals surface area contributed by atoms with E-state index in [2.05, 4.69) is 43.2 Å². The van der Waals surface area contributed by atoms with Gasteiger partial charge in [0.2, 0.25) is 0 Å². The molecule has 1 amide bonds. The van der Waals surface area contributed by atoms with Crippen LogP contribution < -0.4 is 5.43 Å². The van der Waals surface area contributed by atoms with E-state index in [4.69, 9.17) is 11.6 Å². The standard InChI is InChI=1S/C21H18BrClFN5OS/c1-13(2)11-29-20(14-6-8-15(22)9-7-14)27-28-21(29)31-12-19(30)26-25-10-16-17(23)4-3-5-18(16)24/h3-10H,1,11-12H2,2H3,(H,26,30)/b25-10+. The van der Waals surface area contributed by atoms with Gasteiger partial charge in [0.05, 0.1) is 17.0 Å². The molecule has 0 spiro atoms. The molecule has 0 aliphatic carbocycles. The highest BCUT2D eigenvalue weighted by Gasteiger charge is 2.16. The van der Waals surface area contributed by atoms with Crippen molar-refractivity contribution in [3.63, 3.8) is 0 Å². The second kappa shape index (κ2) is 10.7. The molecule has 0 fully saturated rings. The maximum Gasteiger partial charge on any atom is 0.250 e. The van der Waals surface area contributed by atoms with E-state index in [-0.39, 0.29) is 22.2 Å². The third-order valence-electron chi connectivity index (χ3n) is 3.96. The van der Waals surface area contributed by atoms with E-state index in [1.807, 2.05) is 35.8 Å². The normalized spacial score (nSPS) is 11.1. The van der Waals surface area contributed by atoms with Crippen molar-refractivity contribution in [2.75, 3.05) is 5.75 Å². The van der Waals surface area contributed by atoms with Gasteiger partial charge >= 0.3 is 0 Å². The third kappa shape index (κ3) is 6.25. The molecule has 0 radical (unpaired) electrons. The molecule has 1 heterocycles. The van der Waals surface area contributed by atoms with Crippen LogP contribution in [0.15, 0.2) is 69.3 Å². The number of aromatic nitrogens is 3. The molecule has 31 heavy (non-hydrogen) atoms. The Morgan fingerprint density at radius 1 is 1.32 bits per heavy atom. The predicted octanol–water partition coefficient (Wildman–Crippen LogP) is 5.32. The molecule has 0 bridgehead atoms. The van der Waals surface area contributed by atoms with Crippen LogP contribution in [0.5, 0.6) is 0 Å². The quantitative estimate of drug-likeness (QED) is 0.188. The van der Waals surface area contributed by atoms with Crippen molar-refractivity contribution in [1.29, 1.82) is 0 Å². The molecule has 1 N–H and O–H groups in total. The van der Waals surface area contributed by atoms with Crippen molar-refractivity contribution in [3.8, 4) is 11.4 Å². The molecule has 0 aliphatic heterocycles. The summed E-state index contributed by atoms with van der Waals surface area (Å²) >= 11 is 10.6. The van der Waals surface area contributed by atoms with E-state index in [0.717, 1.165) is 15.6 Å². The van der Waals surface area contributed by atoms with Gasteiger partial charge in [-0.1, -0.05) is 69.6 Å². The number of carbonyl (C=O) groups excluding carboxylic acids is 1. The Hall–Kier alpha value is -2.49. The van der Waals surface area contributed by atoms with E-state index in [9.17, 15) is 9.18 Å². The van der Waals surface area contributed by atoms with Gasteiger partial charge in [-0.05, 0) is 31.2 Å². The Bertz CT molecular complexity index is 1110. The monoisotopic (exact) mass is 521 g/mol. The van der Waals surface area contributed by atoms with Crippen LogP contribution in [0.4, 0.5) is 4.39 Å². The molecule has 160 valence electrons.